The number of carbonyl (C=O) groups excluding carboxylic acids is 2. The van der Waals surface area contributed by atoms with Crippen molar-refractivity contribution in [2.75, 3.05) is 19.4 Å². The van der Waals surface area contributed by atoms with Crippen molar-refractivity contribution < 1.29 is 9.59 Å². The highest BCUT2D eigenvalue weighted by atomic mass is 32.1. The third-order valence-electron chi connectivity index (χ3n) is 2.98. The predicted octanol–water partition coefficient (Wildman–Crippen LogP) is 2.12. The van der Waals surface area contributed by atoms with Crippen molar-refractivity contribution >= 4 is 29.0 Å². The molecule has 1 aromatic carbocycles. The molecule has 1 heterocycles. The Balaban J connectivity index is 1.92. The van der Waals surface area contributed by atoms with Gasteiger partial charge in [0.05, 0.1) is 6.54 Å². The van der Waals surface area contributed by atoms with Gasteiger partial charge in [-0.3, -0.25) is 4.79 Å². The smallest absolute Gasteiger partial charge is 0.319 e. The van der Waals surface area contributed by atoms with E-state index in [-0.39, 0.29) is 11.9 Å². The molecule has 0 saturated carbocycles. The van der Waals surface area contributed by atoms with Crippen LogP contribution in [-0.2, 0) is 13.0 Å². The lowest BCUT2D eigenvalue weighted by Gasteiger charge is -2.12. The molecule has 2 N–H and O–H groups in total. The Morgan fingerprint density at radius 1 is 1.22 bits per heavy atom. The fraction of sp³-hybridized carbons (Fsp3) is 0.333. The molecule has 3 amide bonds. The number of anilines is 1. The molecule has 8 heteroatoms. The van der Waals surface area contributed by atoms with E-state index in [1.807, 2.05) is 6.92 Å². The Kier molecular flexibility index (Phi) is 5.64. The van der Waals surface area contributed by atoms with Gasteiger partial charge in [0.2, 0.25) is 0 Å². The van der Waals surface area contributed by atoms with Gasteiger partial charge in [-0.1, -0.05) is 24.3 Å². The SMILES string of the molecule is CCc1nnc(CNC(=O)Nc2cccc(C(=O)N(C)C)c2)s1. The fourth-order valence-corrected chi connectivity index (χ4v) is 2.55. The van der Waals surface area contributed by atoms with Gasteiger partial charge in [0.1, 0.15) is 10.0 Å². The van der Waals surface area contributed by atoms with Crippen LogP contribution in [0.4, 0.5) is 10.5 Å². The van der Waals surface area contributed by atoms with Crippen LogP contribution in [0.15, 0.2) is 24.3 Å². The van der Waals surface area contributed by atoms with E-state index in [2.05, 4.69) is 20.8 Å². The highest BCUT2D eigenvalue weighted by Gasteiger charge is 2.10. The number of aromatic nitrogens is 2. The number of rotatable bonds is 5. The largest absolute Gasteiger partial charge is 0.345 e. The van der Waals surface area contributed by atoms with Crippen LogP contribution in [0.5, 0.6) is 0 Å². The van der Waals surface area contributed by atoms with Crippen molar-refractivity contribution in [3.63, 3.8) is 0 Å². The number of amides is 3. The molecule has 122 valence electrons. The average Bonchev–Trinajstić information content (AvgIpc) is 3.00. The van der Waals surface area contributed by atoms with Gasteiger partial charge >= 0.3 is 6.03 Å². The maximum atomic E-state index is 11.9. The quantitative estimate of drug-likeness (QED) is 0.877. The Morgan fingerprint density at radius 2 is 1.96 bits per heavy atom. The molecule has 0 aliphatic heterocycles. The van der Waals surface area contributed by atoms with Gasteiger partial charge in [0.25, 0.3) is 5.91 Å². The minimum Gasteiger partial charge on any atom is -0.345 e. The van der Waals surface area contributed by atoms with Crippen LogP contribution in [0.3, 0.4) is 0 Å². The summed E-state index contributed by atoms with van der Waals surface area (Å²) in [6, 6.07) is 6.45. The topological polar surface area (TPSA) is 87.2 Å². The van der Waals surface area contributed by atoms with E-state index >= 15 is 0 Å². The number of aryl methyl sites for hydroxylation is 1. The summed E-state index contributed by atoms with van der Waals surface area (Å²) in [6.45, 7) is 2.33. The zero-order chi connectivity index (χ0) is 16.8. The molecule has 2 aromatic rings. The Hall–Kier alpha value is -2.48. The number of nitrogens with one attached hydrogen (secondary N) is 2. The molecule has 1 aromatic heterocycles. The molecule has 0 aliphatic carbocycles. The summed E-state index contributed by atoms with van der Waals surface area (Å²) in [5, 5.41) is 15.1. The lowest BCUT2D eigenvalue weighted by molar-refractivity contribution is 0.0827. The minimum absolute atomic E-state index is 0.116. The van der Waals surface area contributed by atoms with E-state index in [1.165, 1.54) is 16.2 Å². The van der Waals surface area contributed by atoms with E-state index in [4.69, 9.17) is 0 Å². The second-order valence-electron chi connectivity index (χ2n) is 5.03. The monoisotopic (exact) mass is 333 g/mol. The summed E-state index contributed by atoms with van der Waals surface area (Å²) >= 11 is 1.48. The van der Waals surface area contributed by atoms with Crippen LogP contribution >= 0.6 is 11.3 Å². The molecule has 0 unspecified atom stereocenters. The van der Waals surface area contributed by atoms with Crippen molar-refractivity contribution in [3.8, 4) is 0 Å². The van der Waals surface area contributed by atoms with Gasteiger partial charge in [-0.25, -0.2) is 4.79 Å². The molecule has 0 fully saturated rings. The lowest BCUT2D eigenvalue weighted by Crippen LogP contribution is -2.28. The van der Waals surface area contributed by atoms with Crippen LogP contribution in [0.2, 0.25) is 0 Å². The van der Waals surface area contributed by atoms with Crippen molar-refractivity contribution in [2.24, 2.45) is 0 Å². The summed E-state index contributed by atoms with van der Waals surface area (Å²) in [7, 11) is 3.36. The highest BCUT2D eigenvalue weighted by Crippen LogP contribution is 2.12. The second kappa shape index (κ2) is 7.68. The highest BCUT2D eigenvalue weighted by molar-refractivity contribution is 7.11. The Morgan fingerprint density at radius 3 is 2.61 bits per heavy atom. The minimum atomic E-state index is -0.354. The Bertz CT molecular complexity index is 699. The van der Waals surface area contributed by atoms with E-state index in [0.717, 1.165) is 16.4 Å². The molecule has 0 radical (unpaired) electrons. The summed E-state index contributed by atoms with van der Waals surface area (Å²) in [5.41, 5.74) is 1.08. The standard InChI is InChI=1S/C15H19N5O2S/c1-4-12-18-19-13(23-12)9-16-15(22)17-11-7-5-6-10(8-11)14(21)20(2)3/h5-8H,4,9H2,1-3H3,(H2,16,17,22). The zero-order valence-corrected chi connectivity index (χ0v) is 14.1. The zero-order valence-electron chi connectivity index (χ0n) is 13.3. The molecule has 2 rings (SSSR count). The number of hydrogen-bond acceptors (Lipinski definition) is 5. The number of benzene rings is 1. The number of nitrogens with zero attached hydrogens (tertiary/aromatic N) is 3. The molecule has 0 atom stereocenters. The van der Waals surface area contributed by atoms with Gasteiger partial charge in [0, 0.05) is 25.3 Å². The molecule has 0 aliphatic rings. The van der Waals surface area contributed by atoms with Crippen molar-refractivity contribution in [1.82, 2.24) is 20.4 Å². The lowest BCUT2D eigenvalue weighted by atomic mass is 10.2. The molecular formula is C15H19N5O2S. The van der Waals surface area contributed by atoms with Crippen LogP contribution in [0.25, 0.3) is 0 Å². The molecular weight excluding hydrogens is 314 g/mol. The van der Waals surface area contributed by atoms with Crippen molar-refractivity contribution in [1.29, 1.82) is 0 Å². The molecule has 0 bridgehead atoms. The summed E-state index contributed by atoms with van der Waals surface area (Å²) < 4.78 is 0. The van der Waals surface area contributed by atoms with Crippen LogP contribution in [-0.4, -0.2) is 41.1 Å². The maximum Gasteiger partial charge on any atom is 0.319 e. The summed E-state index contributed by atoms with van der Waals surface area (Å²) in [6.07, 6.45) is 0.830. The third kappa shape index (κ3) is 4.75. The van der Waals surface area contributed by atoms with Crippen LogP contribution < -0.4 is 10.6 Å². The number of carbonyl (C=O) groups is 2. The van der Waals surface area contributed by atoms with Gasteiger partial charge in [-0.05, 0) is 24.6 Å². The van der Waals surface area contributed by atoms with Gasteiger partial charge in [0.15, 0.2) is 0 Å². The average molecular weight is 333 g/mol. The van der Waals surface area contributed by atoms with Crippen LogP contribution in [0.1, 0.15) is 27.3 Å². The number of urea groups is 1. The van der Waals surface area contributed by atoms with E-state index < -0.39 is 0 Å². The second-order valence-corrected chi connectivity index (χ2v) is 6.18. The maximum absolute atomic E-state index is 11.9. The first kappa shape index (κ1) is 16.9. The van der Waals surface area contributed by atoms with Crippen molar-refractivity contribution in [2.45, 2.75) is 19.9 Å². The first-order valence-corrected chi connectivity index (χ1v) is 7.99. The first-order chi connectivity index (χ1) is 11.0. The fourth-order valence-electron chi connectivity index (χ4n) is 1.82. The molecule has 0 spiro atoms. The molecule has 0 saturated heterocycles. The first-order valence-electron chi connectivity index (χ1n) is 7.17. The molecule has 23 heavy (non-hydrogen) atoms. The van der Waals surface area contributed by atoms with E-state index in [9.17, 15) is 9.59 Å². The van der Waals surface area contributed by atoms with Gasteiger partial charge < -0.3 is 15.5 Å². The van der Waals surface area contributed by atoms with Crippen LogP contribution in [0, 0.1) is 0 Å². The van der Waals surface area contributed by atoms with E-state index in [1.54, 1.807) is 38.4 Å². The predicted molar refractivity (Wildman–Crippen MR) is 89.6 cm³/mol. The summed E-state index contributed by atoms with van der Waals surface area (Å²) in [4.78, 5) is 25.3. The molecule has 7 nitrogen and oxygen atoms in total. The van der Waals surface area contributed by atoms with Gasteiger partial charge in [-0.2, -0.15) is 0 Å². The normalized spacial score (nSPS) is 10.2. The van der Waals surface area contributed by atoms with Gasteiger partial charge in [-0.15, -0.1) is 10.2 Å². The Labute approximate surface area is 138 Å². The summed E-state index contributed by atoms with van der Waals surface area (Å²) in [5.74, 6) is -0.116. The van der Waals surface area contributed by atoms with Crippen molar-refractivity contribution in [3.05, 3.63) is 39.8 Å². The third-order valence-corrected chi connectivity index (χ3v) is 4.05. The van der Waals surface area contributed by atoms with E-state index in [0.29, 0.717) is 17.8 Å². The number of hydrogen-bond donors (Lipinski definition) is 2.